The Labute approximate surface area is 142 Å². The molecule has 0 amide bonds. The average molecular weight is 312 g/mol. The molecule has 0 spiro atoms. The van der Waals surface area contributed by atoms with E-state index in [2.05, 4.69) is 73.7 Å². The predicted octanol–water partition coefficient (Wildman–Crippen LogP) is 4.90. The first-order chi connectivity index (χ1) is 11.6. The highest BCUT2D eigenvalue weighted by Gasteiger charge is 2.49. The third-order valence-electron chi connectivity index (χ3n) is 6.01. The van der Waals surface area contributed by atoms with Crippen LogP contribution in [-0.4, -0.2) is 5.11 Å². The zero-order valence-electron chi connectivity index (χ0n) is 14.0. The number of hydrogen-bond donors (Lipinski definition) is 1. The smallest absolute Gasteiger partial charge is 0.0765 e. The van der Waals surface area contributed by atoms with Crippen LogP contribution in [0.15, 0.2) is 66.7 Å². The summed E-state index contributed by atoms with van der Waals surface area (Å²) >= 11 is 0. The maximum absolute atomic E-state index is 10.4. The summed E-state index contributed by atoms with van der Waals surface area (Å²) in [6.07, 6.45) is -0.463. The van der Waals surface area contributed by atoms with Gasteiger partial charge in [-0.1, -0.05) is 66.7 Å². The molecule has 3 aromatic rings. The molecule has 1 heteroatoms. The van der Waals surface area contributed by atoms with Crippen LogP contribution in [0.3, 0.4) is 0 Å². The molecule has 1 nitrogen and oxygen atoms in total. The average Bonchev–Trinajstić information content (AvgIpc) is 2.62. The van der Waals surface area contributed by atoms with E-state index in [1.54, 1.807) is 0 Å². The lowest BCUT2D eigenvalue weighted by atomic mass is 9.53. The van der Waals surface area contributed by atoms with Gasteiger partial charge in [0.15, 0.2) is 0 Å². The standard InChI is InChI=1S/C23H20O/c1-14(24)15-10-7-11-18-21-16-8-3-5-12-19(16)23(2,22(15)18)20-13-6-4-9-17(20)21/h3-14,21,24H,1-2H3. The first-order valence-electron chi connectivity index (χ1n) is 8.64. The number of hydrogen-bond acceptors (Lipinski definition) is 1. The minimum absolute atomic E-state index is 0.204. The molecule has 24 heavy (non-hydrogen) atoms. The lowest BCUT2D eigenvalue weighted by Crippen LogP contribution is -2.41. The SMILES string of the molecule is CC(O)c1cccc2c1C1(C)c3ccccc3C2c2ccccc21. The fraction of sp³-hybridized carbons (Fsp3) is 0.217. The fourth-order valence-electron chi connectivity index (χ4n) is 5.08. The van der Waals surface area contributed by atoms with Crippen molar-refractivity contribution in [2.45, 2.75) is 31.3 Å². The lowest BCUT2D eigenvalue weighted by Gasteiger charge is -2.50. The predicted molar refractivity (Wildman–Crippen MR) is 96.5 cm³/mol. The van der Waals surface area contributed by atoms with Crippen molar-refractivity contribution in [2.75, 3.05) is 0 Å². The van der Waals surface area contributed by atoms with Gasteiger partial charge < -0.3 is 5.11 Å². The maximum Gasteiger partial charge on any atom is 0.0765 e. The molecular formula is C23H20O. The quantitative estimate of drug-likeness (QED) is 0.677. The van der Waals surface area contributed by atoms with Gasteiger partial charge in [0.05, 0.1) is 6.10 Å². The monoisotopic (exact) mass is 312 g/mol. The Bertz CT molecular complexity index is 920. The first-order valence-corrected chi connectivity index (χ1v) is 8.64. The first kappa shape index (κ1) is 14.0. The largest absolute Gasteiger partial charge is 0.389 e. The van der Waals surface area contributed by atoms with Crippen LogP contribution < -0.4 is 0 Å². The summed E-state index contributed by atoms with van der Waals surface area (Å²) in [5.74, 6) is 0.271. The number of aliphatic hydroxyl groups excluding tert-OH is 1. The molecule has 3 aromatic carbocycles. The van der Waals surface area contributed by atoms with Crippen LogP contribution in [0, 0.1) is 0 Å². The summed E-state index contributed by atoms with van der Waals surface area (Å²) in [4.78, 5) is 0. The highest BCUT2D eigenvalue weighted by Crippen LogP contribution is 2.59. The number of benzene rings is 3. The molecule has 0 aromatic heterocycles. The van der Waals surface area contributed by atoms with Gasteiger partial charge in [0, 0.05) is 11.3 Å². The van der Waals surface area contributed by atoms with E-state index in [-0.39, 0.29) is 11.3 Å². The Kier molecular flexibility index (Phi) is 2.67. The van der Waals surface area contributed by atoms with Crippen molar-refractivity contribution >= 4 is 0 Å². The van der Waals surface area contributed by atoms with E-state index in [0.717, 1.165) is 5.56 Å². The highest BCUT2D eigenvalue weighted by molar-refractivity contribution is 5.72. The van der Waals surface area contributed by atoms with Crippen molar-refractivity contribution in [1.82, 2.24) is 0 Å². The summed E-state index contributed by atoms with van der Waals surface area (Å²) in [7, 11) is 0. The molecule has 2 bridgehead atoms. The normalized spacial score (nSPS) is 24.0. The van der Waals surface area contributed by atoms with E-state index in [0.29, 0.717) is 0 Å². The van der Waals surface area contributed by atoms with Crippen molar-refractivity contribution in [3.05, 3.63) is 106 Å². The van der Waals surface area contributed by atoms with Gasteiger partial charge in [0.2, 0.25) is 0 Å². The van der Waals surface area contributed by atoms with Crippen LogP contribution in [-0.2, 0) is 5.41 Å². The van der Waals surface area contributed by atoms with Crippen molar-refractivity contribution in [1.29, 1.82) is 0 Å². The minimum atomic E-state index is -0.463. The molecule has 0 heterocycles. The topological polar surface area (TPSA) is 20.2 Å². The molecule has 0 radical (unpaired) electrons. The number of rotatable bonds is 1. The zero-order chi connectivity index (χ0) is 16.5. The Balaban J connectivity index is 1.97. The van der Waals surface area contributed by atoms with Gasteiger partial charge in [0.25, 0.3) is 0 Å². The molecule has 6 rings (SSSR count). The van der Waals surface area contributed by atoms with E-state index < -0.39 is 6.10 Å². The number of aliphatic hydroxyl groups is 1. The summed E-state index contributed by atoms with van der Waals surface area (Å²) in [5.41, 5.74) is 9.11. The molecule has 3 aliphatic carbocycles. The molecule has 1 atom stereocenters. The zero-order valence-corrected chi connectivity index (χ0v) is 14.0. The Morgan fingerprint density at radius 2 is 1.33 bits per heavy atom. The van der Waals surface area contributed by atoms with Gasteiger partial charge in [-0.3, -0.25) is 0 Å². The van der Waals surface area contributed by atoms with E-state index >= 15 is 0 Å². The van der Waals surface area contributed by atoms with E-state index in [9.17, 15) is 5.11 Å². The van der Waals surface area contributed by atoms with Gasteiger partial charge in [-0.05, 0) is 52.8 Å². The molecule has 1 unspecified atom stereocenters. The molecule has 118 valence electrons. The van der Waals surface area contributed by atoms with Gasteiger partial charge in [-0.2, -0.15) is 0 Å². The van der Waals surface area contributed by atoms with Crippen molar-refractivity contribution < 1.29 is 5.11 Å². The van der Waals surface area contributed by atoms with Crippen molar-refractivity contribution in [3.8, 4) is 0 Å². The van der Waals surface area contributed by atoms with Crippen LogP contribution in [0.5, 0.6) is 0 Å². The fourth-order valence-corrected chi connectivity index (χ4v) is 5.08. The van der Waals surface area contributed by atoms with Gasteiger partial charge >= 0.3 is 0 Å². The van der Waals surface area contributed by atoms with Crippen LogP contribution in [0.2, 0.25) is 0 Å². The molecule has 0 saturated heterocycles. The second-order valence-corrected chi connectivity index (χ2v) is 7.22. The van der Waals surface area contributed by atoms with Crippen molar-refractivity contribution in [3.63, 3.8) is 0 Å². The maximum atomic E-state index is 10.4. The molecule has 0 fully saturated rings. The van der Waals surface area contributed by atoms with Crippen LogP contribution in [0.4, 0.5) is 0 Å². The summed E-state index contributed by atoms with van der Waals surface area (Å²) in [6.45, 7) is 4.20. The van der Waals surface area contributed by atoms with Gasteiger partial charge in [-0.25, -0.2) is 0 Å². The van der Waals surface area contributed by atoms with Gasteiger partial charge in [0.1, 0.15) is 0 Å². The Morgan fingerprint density at radius 3 is 1.92 bits per heavy atom. The summed E-state index contributed by atoms with van der Waals surface area (Å²) < 4.78 is 0. The van der Waals surface area contributed by atoms with Crippen LogP contribution in [0.1, 0.15) is 64.8 Å². The highest BCUT2D eigenvalue weighted by atomic mass is 16.3. The van der Waals surface area contributed by atoms with E-state index in [4.69, 9.17) is 0 Å². The second-order valence-electron chi connectivity index (χ2n) is 7.22. The third-order valence-corrected chi connectivity index (χ3v) is 6.01. The van der Waals surface area contributed by atoms with Crippen molar-refractivity contribution in [2.24, 2.45) is 0 Å². The van der Waals surface area contributed by atoms with Crippen LogP contribution in [0.25, 0.3) is 0 Å². The second kappa shape index (κ2) is 4.58. The molecule has 0 saturated carbocycles. The molecule has 3 aliphatic rings. The third kappa shape index (κ3) is 1.49. The lowest BCUT2D eigenvalue weighted by molar-refractivity contribution is 0.196. The van der Waals surface area contributed by atoms with E-state index in [1.807, 2.05) is 6.92 Å². The summed E-state index contributed by atoms with van der Waals surface area (Å²) in [6, 6.07) is 24.1. The molecule has 0 aliphatic heterocycles. The van der Waals surface area contributed by atoms with Crippen LogP contribution >= 0.6 is 0 Å². The minimum Gasteiger partial charge on any atom is -0.389 e. The molecule has 1 N–H and O–H groups in total. The molecular weight excluding hydrogens is 292 g/mol. The Morgan fingerprint density at radius 1 is 0.792 bits per heavy atom. The van der Waals surface area contributed by atoms with Gasteiger partial charge in [-0.15, -0.1) is 0 Å². The van der Waals surface area contributed by atoms with E-state index in [1.165, 1.54) is 33.4 Å². The summed E-state index contributed by atoms with van der Waals surface area (Å²) in [5, 5.41) is 10.4. The Hall–Kier alpha value is -2.38.